The van der Waals surface area contributed by atoms with Crippen LogP contribution in [-0.4, -0.2) is 10.1 Å². The molecule has 1 atom stereocenters. The third-order valence-electron chi connectivity index (χ3n) is 2.81. The molecule has 1 N–H and O–H groups in total. The van der Waals surface area contributed by atoms with Crippen LogP contribution in [0.2, 0.25) is 4.34 Å². The number of aromatic nitrogens is 1. The Bertz CT molecular complexity index is 695. The summed E-state index contributed by atoms with van der Waals surface area (Å²) in [6.07, 6.45) is 1.13. The van der Waals surface area contributed by atoms with Crippen LogP contribution >= 0.6 is 22.9 Å². The zero-order chi connectivity index (χ0) is 12.5. The van der Waals surface area contributed by atoms with E-state index in [0.717, 1.165) is 21.3 Å². The summed E-state index contributed by atoms with van der Waals surface area (Å²) in [5.74, 6) is 0. The average Bonchev–Trinajstić information content (AvgIpc) is 2.84. The molecule has 0 bridgehead atoms. The number of aliphatic hydroxyl groups excluding tert-OH is 1. The van der Waals surface area contributed by atoms with Crippen molar-refractivity contribution >= 4 is 33.8 Å². The molecule has 3 aromatic rings. The summed E-state index contributed by atoms with van der Waals surface area (Å²) >= 11 is 7.28. The largest absolute Gasteiger partial charge is 0.383 e. The maximum Gasteiger partial charge on any atom is 0.113 e. The van der Waals surface area contributed by atoms with Gasteiger partial charge in [-0.1, -0.05) is 23.7 Å². The number of rotatable bonds is 2. The molecule has 0 aliphatic heterocycles. The number of thiophene rings is 1. The Morgan fingerprint density at radius 3 is 2.83 bits per heavy atom. The Balaban J connectivity index is 2.03. The maximum atomic E-state index is 10.3. The van der Waals surface area contributed by atoms with E-state index in [1.165, 1.54) is 11.3 Å². The van der Waals surface area contributed by atoms with Gasteiger partial charge in [0.25, 0.3) is 0 Å². The van der Waals surface area contributed by atoms with Crippen molar-refractivity contribution in [1.29, 1.82) is 0 Å². The molecule has 2 heterocycles. The normalized spacial score (nSPS) is 12.8. The predicted molar refractivity (Wildman–Crippen MR) is 75.1 cm³/mol. The van der Waals surface area contributed by atoms with E-state index in [1.54, 1.807) is 12.3 Å². The van der Waals surface area contributed by atoms with Crippen molar-refractivity contribution in [2.24, 2.45) is 0 Å². The second-order valence-corrected chi connectivity index (χ2v) is 5.75. The van der Waals surface area contributed by atoms with Crippen LogP contribution in [0.25, 0.3) is 10.9 Å². The molecule has 0 aliphatic carbocycles. The molecule has 0 saturated heterocycles. The summed E-state index contributed by atoms with van der Waals surface area (Å²) in [7, 11) is 0. The molecule has 0 spiro atoms. The molecule has 90 valence electrons. The van der Waals surface area contributed by atoms with Crippen LogP contribution in [0.3, 0.4) is 0 Å². The first-order chi connectivity index (χ1) is 8.74. The van der Waals surface area contributed by atoms with Crippen molar-refractivity contribution < 1.29 is 5.11 Å². The van der Waals surface area contributed by atoms with Crippen molar-refractivity contribution in [3.05, 3.63) is 63.4 Å². The molecule has 0 fully saturated rings. The van der Waals surface area contributed by atoms with Gasteiger partial charge in [-0.2, -0.15) is 0 Å². The molecular formula is C14H10ClNOS. The lowest BCUT2D eigenvalue weighted by Crippen LogP contribution is -1.96. The topological polar surface area (TPSA) is 33.1 Å². The molecule has 1 unspecified atom stereocenters. The first-order valence-electron chi connectivity index (χ1n) is 5.52. The van der Waals surface area contributed by atoms with Crippen LogP contribution in [0.4, 0.5) is 0 Å². The first kappa shape index (κ1) is 11.7. The standard InChI is InChI=1S/C14H10ClNOS/c15-13-6-5-12(18-13)14(17)10-3-4-11-9(8-10)2-1-7-16-11/h1-8,14,17H. The van der Waals surface area contributed by atoms with Crippen molar-refractivity contribution in [2.45, 2.75) is 6.10 Å². The van der Waals surface area contributed by atoms with E-state index in [0.29, 0.717) is 4.34 Å². The second-order valence-electron chi connectivity index (χ2n) is 4.00. The fraction of sp³-hybridized carbons (Fsp3) is 0.0714. The minimum absolute atomic E-state index is 0.632. The van der Waals surface area contributed by atoms with Crippen LogP contribution in [-0.2, 0) is 0 Å². The summed E-state index contributed by atoms with van der Waals surface area (Å²) in [5, 5.41) is 11.3. The molecule has 0 amide bonds. The minimum Gasteiger partial charge on any atom is -0.383 e. The highest BCUT2D eigenvalue weighted by Crippen LogP contribution is 2.31. The summed E-state index contributed by atoms with van der Waals surface area (Å²) < 4.78 is 0.687. The van der Waals surface area contributed by atoms with Gasteiger partial charge in [0.1, 0.15) is 6.10 Å². The summed E-state index contributed by atoms with van der Waals surface area (Å²) in [6, 6.07) is 13.3. The van der Waals surface area contributed by atoms with E-state index >= 15 is 0 Å². The van der Waals surface area contributed by atoms with Gasteiger partial charge in [0.2, 0.25) is 0 Å². The van der Waals surface area contributed by atoms with Gasteiger partial charge in [-0.15, -0.1) is 11.3 Å². The highest BCUT2D eigenvalue weighted by atomic mass is 35.5. The monoisotopic (exact) mass is 275 g/mol. The van der Waals surface area contributed by atoms with Crippen LogP contribution < -0.4 is 0 Å². The summed E-state index contributed by atoms with van der Waals surface area (Å²) in [5.41, 5.74) is 1.78. The highest BCUT2D eigenvalue weighted by Gasteiger charge is 2.13. The molecule has 2 aromatic heterocycles. The fourth-order valence-electron chi connectivity index (χ4n) is 1.90. The number of halogens is 1. The number of hydrogen-bond acceptors (Lipinski definition) is 3. The van der Waals surface area contributed by atoms with E-state index < -0.39 is 6.10 Å². The molecular weight excluding hydrogens is 266 g/mol. The summed E-state index contributed by atoms with van der Waals surface area (Å²) in [6.45, 7) is 0. The molecule has 0 aliphatic rings. The van der Waals surface area contributed by atoms with Crippen molar-refractivity contribution in [3.63, 3.8) is 0 Å². The Labute approximate surface area is 113 Å². The zero-order valence-corrected chi connectivity index (χ0v) is 10.9. The summed E-state index contributed by atoms with van der Waals surface area (Å²) in [4.78, 5) is 5.11. The Morgan fingerprint density at radius 2 is 2.06 bits per heavy atom. The highest BCUT2D eigenvalue weighted by molar-refractivity contribution is 7.16. The van der Waals surface area contributed by atoms with Crippen molar-refractivity contribution in [2.75, 3.05) is 0 Å². The van der Waals surface area contributed by atoms with E-state index in [1.807, 2.05) is 36.4 Å². The van der Waals surface area contributed by atoms with Crippen LogP contribution in [0.1, 0.15) is 16.5 Å². The smallest absolute Gasteiger partial charge is 0.113 e. The van der Waals surface area contributed by atoms with Crippen LogP contribution in [0.5, 0.6) is 0 Å². The third kappa shape index (κ3) is 2.12. The number of nitrogens with zero attached hydrogens (tertiary/aromatic N) is 1. The number of aliphatic hydroxyl groups is 1. The molecule has 18 heavy (non-hydrogen) atoms. The Hall–Kier alpha value is -1.42. The number of hydrogen-bond donors (Lipinski definition) is 1. The number of pyridine rings is 1. The van der Waals surface area contributed by atoms with Gasteiger partial charge in [-0.3, -0.25) is 4.98 Å². The van der Waals surface area contributed by atoms with Gasteiger partial charge >= 0.3 is 0 Å². The van der Waals surface area contributed by atoms with E-state index in [-0.39, 0.29) is 0 Å². The van der Waals surface area contributed by atoms with Gasteiger partial charge in [0.15, 0.2) is 0 Å². The molecule has 4 heteroatoms. The lowest BCUT2D eigenvalue weighted by Gasteiger charge is -2.09. The van der Waals surface area contributed by atoms with Gasteiger partial charge in [0.05, 0.1) is 9.85 Å². The lowest BCUT2D eigenvalue weighted by atomic mass is 10.1. The van der Waals surface area contributed by atoms with E-state index in [2.05, 4.69) is 4.98 Å². The fourth-order valence-corrected chi connectivity index (χ4v) is 2.98. The number of benzene rings is 1. The van der Waals surface area contributed by atoms with Crippen molar-refractivity contribution in [3.8, 4) is 0 Å². The van der Waals surface area contributed by atoms with Crippen molar-refractivity contribution in [1.82, 2.24) is 4.98 Å². The zero-order valence-electron chi connectivity index (χ0n) is 9.38. The lowest BCUT2D eigenvalue weighted by molar-refractivity contribution is 0.224. The molecule has 2 nitrogen and oxygen atoms in total. The maximum absolute atomic E-state index is 10.3. The minimum atomic E-state index is -0.632. The molecule has 0 radical (unpaired) electrons. The van der Waals surface area contributed by atoms with Crippen LogP contribution in [0.15, 0.2) is 48.7 Å². The number of fused-ring (bicyclic) bond motifs is 1. The average molecular weight is 276 g/mol. The first-order valence-corrected chi connectivity index (χ1v) is 6.71. The Kier molecular flexibility index (Phi) is 3.04. The molecule has 3 rings (SSSR count). The van der Waals surface area contributed by atoms with E-state index in [4.69, 9.17) is 11.6 Å². The van der Waals surface area contributed by atoms with Gasteiger partial charge < -0.3 is 5.11 Å². The molecule has 0 saturated carbocycles. The molecule has 1 aromatic carbocycles. The van der Waals surface area contributed by atoms with E-state index in [9.17, 15) is 5.11 Å². The van der Waals surface area contributed by atoms with Gasteiger partial charge in [-0.05, 0) is 35.9 Å². The Morgan fingerprint density at radius 1 is 1.17 bits per heavy atom. The third-order valence-corrected chi connectivity index (χ3v) is 4.09. The van der Waals surface area contributed by atoms with Gasteiger partial charge in [-0.25, -0.2) is 0 Å². The second kappa shape index (κ2) is 4.69. The van der Waals surface area contributed by atoms with Crippen LogP contribution in [0, 0.1) is 0 Å². The van der Waals surface area contributed by atoms with Gasteiger partial charge in [0, 0.05) is 16.5 Å². The SMILES string of the molecule is OC(c1ccc2ncccc2c1)c1ccc(Cl)s1. The predicted octanol–water partition coefficient (Wildman–Crippen LogP) is 4.03. The quantitative estimate of drug-likeness (QED) is 0.766.